The van der Waals surface area contributed by atoms with Crippen LogP contribution in [0.3, 0.4) is 0 Å². The van der Waals surface area contributed by atoms with Crippen molar-refractivity contribution >= 4 is 16.6 Å². The molecule has 3 aromatic rings. The Morgan fingerprint density at radius 1 is 1.16 bits per heavy atom. The van der Waals surface area contributed by atoms with E-state index in [0.717, 1.165) is 5.56 Å². The smallest absolute Gasteiger partial charge is 0.142 e. The maximum Gasteiger partial charge on any atom is 0.142 e. The van der Waals surface area contributed by atoms with Crippen LogP contribution in [0.15, 0.2) is 42.9 Å². The number of phenols is 1. The predicted octanol–water partition coefficient (Wildman–Crippen LogP) is 2.72. The summed E-state index contributed by atoms with van der Waals surface area (Å²) >= 11 is 0. The number of anilines is 1. The van der Waals surface area contributed by atoms with Gasteiger partial charge in [-0.15, -0.1) is 0 Å². The highest BCUT2D eigenvalue weighted by Crippen LogP contribution is 2.36. The van der Waals surface area contributed by atoms with Crippen LogP contribution in [0.1, 0.15) is 0 Å². The van der Waals surface area contributed by atoms with Gasteiger partial charge in [0.2, 0.25) is 0 Å². The average molecular weight is 255 g/mol. The van der Waals surface area contributed by atoms with Crippen molar-refractivity contribution in [2.24, 2.45) is 0 Å². The molecule has 5 heteroatoms. The van der Waals surface area contributed by atoms with Gasteiger partial charge in [0, 0.05) is 17.1 Å². The summed E-state index contributed by atoms with van der Waals surface area (Å²) < 4.78 is 12.9. The SMILES string of the molecule is Nc1c(-c2ccc(F)cc2)cc(O)c2ncncc12. The lowest BCUT2D eigenvalue weighted by molar-refractivity contribution is 0.480. The molecular formula is C14H10FN3O. The lowest BCUT2D eigenvalue weighted by Crippen LogP contribution is -1.94. The normalized spacial score (nSPS) is 10.8. The molecule has 0 unspecified atom stereocenters. The van der Waals surface area contributed by atoms with Gasteiger partial charge in [0.15, 0.2) is 0 Å². The van der Waals surface area contributed by atoms with Crippen LogP contribution >= 0.6 is 0 Å². The second-order valence-corrected chi connectivity index (χ2v) is 4.15. The molecule has 3 N–H and O–H groups in total. The highest BCUT2D eigenvalue weighted by molar-refractivity contribution is 6.01. The van der Waals surface area contributed by atoms with E-state index in [9.17, 15) is 9.50 Å². The molecule has 0 aliphatic heterocycles. The number of benzene rings is 2. The molecule has 2 aromatic carbocycles. The Morgan fingerprint density at radius 3 is 2.63 bits per heavy atom. The number of aromatic nitrogens is 2. The summed E-state index contributed by atoms with van der Waals surface area (Å²) in [6.45, 7) is 0. The second-order valence-electron chi connectivity index (χ2n) is 4.15. The number of nitrogen functional groups attached to an aromatic ring is 1. The highest BCUT2D eigenvalue weighted by atomic mass is 19.1. The molecule has 0 saturated heterocycles. The number of nitrogens with zero attached hydrogens (tertiary/aromatic N) is 2. The van der Waals surface area contributed by atoms with Gasteiger partial charge in [-0.3, -0.25) is 0 Å². The molecule has 1 aromatic heterocycles. The third-order valence-corrected chi connectivity index (χ3v) is 2.97. The fourth-order valence-electron chi connectivity index (χ4n) is 2.03. The minimum atomic E-state index is -0.323. The van der Waals surface area contributed by atoms with E-state index in [-0.39, 0.29) is 11.6 Å². The van der Waals surface area contributed by atoms with Crippen LogP contribution in [-0.2, 0) is 0 Å². The van der Waals surface area contributed by atoms with Crippen LogP contribution in [-0.4, -0.2) is 15.1 Å². The quantitative estimate of drug-likeness (QED) is 0.518. The van der Waals surface area contributed by atoms with Crippen LogP contribution in [0.5, 0.6) is 5.75 Å². The van der Waals surface area contributed by atoms with Crippen LogP contribution in [0.25, 0.3) is 22.0 Å². The van der Waals surface area contributed by atoms with Crippen molar-refractivity contribution in [2.45, 2.75) is 0 Å². The Bertz CT molecular complexity index is 756. The largest absolute Gasteiger partial charge is 0.506 e. The van der Waals surface area contributed by atoms with Gasteiger partial charge in [0.1, 0.15) is 23.4 Å². The van der Waals surface area contributed by atoms with Crippen molar-refractivity contribution in [3.8, 4) is 16.9 Å². The summed E-state index contributed by atoms with van der Waals surface area (Å²) in [6, 6.07) is 7.43. The summed E-state index contributed by atoms with van der Waals surface area (Å²) in [6.07, 6.45) is 2.89. The minimum absolute atomic E-state index is 0.0194. The summed E-state index contributed by atoms with van der Waals surface area (Å²) in [4.78, 5) is 7.89. The zero-order valence-corrected chi connectivity index (χ0v) is 9.84. The molecule has 94 valence electrons. The first-order chi connectivity index (χ1) is 9.16. The maximum atomic E-state index is 12.9. The molecule has 1 heterocycles. The standard InChI is InChI=1S/C14H10FN3O/c15-9-3-1-8(2-4-9)10-5-12(19)14-11(13(10)16)6-17-7-18-14/h1-7,19H,16H2. The van der Waals surface area contributed by atoms with Gasteiger partial charge in [-0.25, -0.2) is 14.4 Å². The van der Waals surface area contributed by atoms with E-state index in [1.807, 2.05) is 0 Å². The summed E-state index contributed by atoms with van der Waals surface area (Å²) in [7, 11) is 0. The van der Waals surface area contributed by atoms with Crippen molar-refractivity contribution < 1.29 is 9.50 Å². The third kappa shape index (κ3) is 1.85. The van der Waals surface area contributed by atoms with Gasteiger partial charge >= 0.3 is 0 Å². The van der Waals surface area contributed by atoms with Gasteiger partial charge in [0.25, 0.3) is 0 Å². The Kier molecular flexibility index (Phi) is 2.52. The van der Waals surface area contributed by atoms with Gasteiger partial charge in [-0.2, -0.15) is 0 Å². The minimum Gasteiger partial charge on any atom is -0.506 e. The molecule has 0 saturated carbocycles. The summed E-state index contributed by atoms with van der Waals surface area (Å²) in [5, 5.41) is 10.5. The van der Waals surface area contributed by atoms with Crippen molar-refractivity contribution in [3.05, 3.63) is 48.7 Å². The fourth-order valence-corrected chi connectivity index (χ4v) is 2.03. The molecule has 0 radical (unpaired) electrons. The molecule has 3 rings (SSSR count). The molecule has 0 spiro atoms. The van der Waals surface area contributed by atoms with E-state index in [2.05, 4.69) is 9.97 Å². The van der Waals surface area contributed by atoms with E-state index in [4.69, 9.17) is 5.73 Å². The van der Waals surface area contributed by atoms with Crippen LogP contribution < -0.4 is 5.73 Å². The Balaban J connectivity index is 2.30. The number of halogens is 1. The molecule has 0 fully saturated rings. The fraction of sp³-hybridized carbons (Fsp3) is 0. The van der Waals surface area contributed by atoms with Crippen molar-refractivity contribution in [2.75, 3.05) is 5.73 Å². The first-order valence-electron chi connectivity index (χ1n) is 5.64. The summed E-state index contributed by atoms with van der Waals surface area (Å²) in [5.74, 6) is -0.304. The number of nitrogens with two attached hydrogens (primary N) is 1. The number of aromatic hydroxyl groups is 1. The first kappa shape index (κ1) is 11.4. The topological polar surface area (TPSA) is 72.0 Å². The van der Waals surface area contributed by atoms with Crippen LogP contribution in [0.4, 0.5) is 10.1 Å². The lowest BCUT2D eigenvalue weighted by atomic mass is 10.0. The van der Waals surface area contributed by atoms with Crippen LogP contribution in [0.2, 0.25) is 0 Å². The number of hydrogen-bond acceptors (Lipinski definition) is 4. The van der Waals surface area contributed by atoms with Crippen LogP contribution in [0, 0.1) is 5.82 Å². The number of phenolic OH excluding ortho intramolecular Hbond substituents is 1. The van der Waals surface area contributed by atoms with Crippen molar-refractivity contribution in [1.82, 2.24) is 9.97 Å². The lowest BCUT2D eigenvalue weighted by Gasteiger charge is -2.10. The Labute approximate surface area is 108 Å². The molecular weight excluding hydrogens is 245 g/mol. The van der Waals surface area contributed by atoms with E-state index in [0.29, 0.717) is 22.2 Å². The van der Waals surface area contributed by atoms with Crippen molar-refractivity contribution in [3.63, 3.8) is 0 Å². The van der Waals surface area contributed by atoms with Gasteiger partial charge in [0.05, 0.1) is 5.69 Å². The summed E-state index contributed by atoms with van der Waals surface area (Å²) in [5.41, 5.74) is 8.28. The van der Waals surface area contributed by atoms with Gasteiger partial charge in [-0.1, -0.05) is 12.1 Å². The third-order valence-electron chi connectivity index (χ3n) is 2.97. The van der Waals surface area contributed by atoms with E-state index in [1.165, 1.54) is 24.5 Å². The Morgan fingerprint density at radius 2 is 1.89 bits per heavy atom. The van der Waals surface area contributed by atoms with E-state index in [1.54, 1.807) is 18.3 Å². The molecule has 0 aliphatic rings. The van der Waals surface area contributed by atoms with Gasteiger partial charge < -0.3 is 10.8 Å². The first-order valence-corrected chi connectivity index (χ1v) is 5.64. The maximum absolute atomic E-state index is 12.9. The monoisotopic (exact) mass is 255 g/mol. The molecule has 0 amide bonds. The Hall–Kier alpha value is -2.69. The molecule has 0 atom stereocenters. The number of rotatable bonds is 1. The molecule has 0 aliphatic carbocycles. The second kappa shape index (κ2) is 4.20. The molecule has 4 nitrogen and oxygen atoms in total. The predicted molar refractivity (Wildman–Crippen MR) is 71.0 cm³/mol. The van der Waals surface area contributed by atoms with E-state index >= 15 is 0 Å². The van der Waals surface area contributed by atoms with Gasteiger partial charge in [-0.05, 0) is 23.8 Å². The van der Waals surface area contributed by atoms with Crippen molar-refractivity contribution in [1.29, 1.82) is 0 Å². The molecule has 0 bridgehead atoms. The highest BCUT2D eigenvalue weighted by Gasteiger charge is 2.12. The average Bonchev–Trinajstić information content (AvgIpc) is 2.44. The van der Waals surface area contributed by atoms with E-state index < -0.39 is 0 Å². The zero-order chi connectivity index (χ0) is 13.4. The zero-order valence-electron chi connectivity index (χ0n) is 9.84. The number of hydrogen-bond donors (Lipinski definition) is 2. The molecule has 19 heavy (non-hydrogen) atoms. The number of fused-ring (bicyclic) bond motifs is 1.